The van der Waals surface area contributed by atoms with Crippen LogP contribution in [0.4, 0.5) is 13.2 Å². The maximum atomic E-state index is 14.3. The molecule has 1 aromatic rings. The van der Waals surface area contributed by atoms with Crippen molar-refractivity contribution in [2.24, 2.45) is 0 Å². The zero-order valence-corrected chi connectivity index (χ0v) is 19.6. The maximum Gasteiger partial charge on any atom is 0.328 e. The van der Waals surface area contributed by atoms with E-state index in [1.165, 1.54) is 19.1 Å². The molecule has 0 fully saturated rings. The van der Waals surface area contributed by atoms with Gasteiger partial charge in [-0.15, -0.1) is 0 Å². The van der Waals surface area contributed by atoms with Crippen molar-refractivity contribution in [3.8, 4) is 5.75 Å². The molecule has 1 rings (SSSR count). The lowest BCUT2D eigenvalue weighted by Crippen LogP contribution is -2.20. The lowest BCUT2D eigenvalue weighted by atomic mass is 9.78. The number of hydrogen-bond acceptors (Lipinski definition) is 2. The van der Waals surface area contributed by atoms with Crippen molar-refractivity contribution in [3.05, 3.63) is 58.5 Å². The van der Waals surface area contributed by atoms with Crippen LogP contribution in [-0.2, 0) is 15.6 Å². The van der Waals surface area contributed by atoms with Crippen molar-refractivity contribution in [2.45, 2.75) is 72.6 Å². The Hall–Kier alpha value is -2.50. The SMILES string of the molecule is CC(=CC(=O)O)C(F)=CC=C(C)c1cc(C(C)(C)C)cc(C(C)(C)C)c1OCC(F)F. The first-order chi connectivity index (χ1) is 14.0. The average Bonchev–Trinajstić information content (AvgIpc) is 2.61. The minimum Gasteiger partial charge on any atom is -0.487 e. The Morgan fingerprint density at radius 3 is 2.10 bits per heavy atom. The van der Waals surface area contributed by atoms with Gasteiger partial charge in [0.25, 0.3) is 6.43 Å². The molecule has 0 atom stereocenters. The number of hydrogen-bond donors (Lipinski definition) is 1. The van der Waals surface area contributed by atoms with Crippen molar-refractivity contribution >= 4 is 11.5 Å². The summed E-state index contributed by atoms with van der Waals surface area (Å²) in [6.45, 7) is 14.4. The van der Waals surface area contributed by atoms with Gasteiger partial charge < -0.3 is 9.84 Å². The minimum atomic E-state index is -2.63. The molecule has 6 heteroatoms. The molecule has 0 aliphatic heterocycles. The van der Waals surface area contributed by atoms with Crippen LogP contribution >= 0.6 is 0 Å². The van der Waals surface area contributed by atoms with Crippen molar-refractivity contribution in [1.82, 2.24) is 0 Å². The summed E-state index contributed by atoms with van der Waals surface area (Å²) in [5, 5.41) is 8.78. The fourth-order valence-corrected chi connectivity index (χ4v) is 2.89. The molecule has 3 nitrogen and oxygen atoms in total. The van der Waals surface area contributed by atoms with Crippen LogP contribution in [-0.4, -0.2) is 24.1 Å². The number of halogens is 3. The second-order valence-electron chi connectivity index (χ2n) is 9.63. The van der Waals surface area contributed by atoms with Gasteiger partial charge in [0.1, 0.15) is 18.2 Å². The highest BCUT2D eigenvalue weighted by Gasteiger charge is 2.27. The van der Waals surface area contributed by atoms with Gasteiger partial charge in [0.15, 0.2) is 0 Å². The largest absolute Gasteiger partial charge is 0.487 e. The Morgan fingerprint density at radius 1 is 1.06 bits per heavy atom. The lowest BCUT2D eigenvalue weighted by Gasteiger charge is -2.29. The van der Waals surface area contributed by atoms with Crippen LogP contribution in [0.25, 0.3) is 5.57 Å². The Labute approximate surface area is 183 Å². The van der Waals surface area contributed by atoms with Crippen LogP contribution in [0.3, 0.4) is 0 Å². The number of carboxylic acids is 1. The molecule has 0 aromatic heterocycles. The smallest absolute Gasteiger partial charge is 0.328 e. The molecule has 1 aromatic carbocycles. The van der Waals surface area contributed by atoms with Crippen LogP contribution < -0.4 is 4.74 Å². The van der Waals surface area contributed by atoms with E-state index in [-0.39, 0.29) is 16.4 Å². The van der Waals surface area contributed by atoms with Crippen molar-refractivity contribution in [1.29, 1.82) is 0 Å². The fourth-order valence-electron chi connectivity index (χ4n) is 2.89. The molecule has 0 amide bonds. The number of aliphatic carboxylic acids is 1. The van der Waals surface area contributed by atoms with E-state index >= 15 is 0 Å². The normalized spacial score (nSPS) is 14.3. The fraction of sp³-hybridized carbons (Fsp3) is 0.480. The molecule has 0 unspecified atom stereocenters. The molecule has 0 radical (unpaired) electrons. The second-order valence-corrected chi connectivity index (χ2v) is 9.63. The van der Waals surface area contributed by atoms with Gasteiger partial charge in [-0.25, -0.2) is 18.0 Å². The van der Waals surface area contributed by atoms with Crippen LogP contribution in [0.1, 0.15) is 72.1 Å². The number of carbonyl (C=O) groups is 1. The van der Waals surface area contributed by atoms with Gasteiger partial charge in [0.2, 0.25) is 0 Å². The summed E-state index contributed by atoms with van der Waals surface area (Å²) in [4.78, 5) is 10.7. The van der Waals surface area contributed by atoms with Gasteiger partial charge >= 0.3 is 5.97 Å². The molecule has 0 spiro atoms. The Morgan fingerprint density at radius 2 is 1.65 bits per heavy atom. The lowest BCUT2D eigenvalue weighted by molar-refractivity contribution is -0.131. The molecule has 0 bridgehead atoms. The number of ether oxygens (including phenoxy) is 1. The van der Waals surface area contributed by atoms with Gasteiger partial charge in [0.05, 0.1) is 0 Å². The van der Waals surface area contributed by atoms with Crippen molar-refractivity contribution in [3.63, 3.8) is 0 Å². The van der Waals surface area contributed by atoms with E-state index in [0.29, 0.717) is 16.9 Å². The summed E-state index contributed by atoms with van der Waals surface area (Å²) < 4.78 is 45.7. The minimum absolute atomic E-state index is 0.0236. The summed E-state index contributed by atoms with van der Waals surface area (Å²) in [7, 11) is 0. The zero-order chi connectivity index (χ0) is 24.1. The topological polar surface area (TPSA) is 46.5 Å². The predicted octanol–water partition coefficient (Wildman–Crippen LogP) is 7.21. The third kappa shape index (κ3) is 7.93. The van der Waals surface area contributed by atoms with Crippen LogP contribution in [0.15, 0.2) is 41.8 Å². The zero-order valence-electron chi connectivity index (χ0n) is 19.6. The van der Waals surface area contributed by atoms with Gasteiger partial charge in [-0.3, -0.25) is 0 Å². The molecule has 1 N–H and O–H groups in total. The predicted molar refractivity (Wildman–Crippen MR) is 120 cm³/mol. The molecule has 31 heavy (non-hydrogen) atoms. The van der Waals surface area contributed by atoms with E-state index in [4.69, 9.17) is 9.84 Å². The van der Waals surface area contributed by atoms with E-state index in [2.05, 4.69) is 20.8 Å². The Balaban J connectivity index is 3.72. The standard InChI is InChI=1S/C25H33F3O3/c1-15(9-10-20(26)16(2)11-22(29)30)18-12-17(24(3,4)5)13-19(25(6,7)8)23(18)31-14-21(27)28/h9-13,21H,14H2,1-8H3,(H,29,30). The third-order valence-electron chi connectivity index (χ3n) is 4.74. The first-order valence-corrected chi connectivity index (χ1v) is 10.1. The number of allylic oxidation sites excluding steroid dienone is 5. The van der Waals surface area contributed by atoms with E-state index in [1.54, 1.807) is 6.92 Å². The van der Waals surface area contributed by atoms with E-state index in [1.807, 2.05) is 32.9 Å². The summed E-state index contributed by atoms with van der Waals surface area (Å²) in [6, 6.07) is 3.86. The number of benzene rings is 1. The molecule has 0 saturated heterocycles. The highest BCUT2D eigenvalue weighted by Crippen LogP contribution is 2.41. The summed E-state index contributed by atoms with van der Waals surface area (Å²) in [5.74, 6) is -1.59. The average molecular weight is 439 g/mol. The van der Waals surface area contributed by atoms with Crippen LogP contribution in [0, 0.1) is 0 Å². The molecular weight excluding hydrogens is 405 g/mol. The Bertz CT molecular complexity index is 896. The molecule has 0 heterocycles. The molecule has 0 aliphatic carbocycles. The van der Waals surface area contributed by atoms with Gasteiger partial charge in [-0.1, -0.05) is 53.7 Å². The van der Waals surface area contributed by atoms with Crippen molar-refractivity contribution < 1.29 is 27.8 Å². The van der Waals surface area contributed by atoms with Crippen molar-refractivity contribution in [2.75, 3.05) is 6.61 Å². The second kappa shape index (κ2) is 10.2. The quantitative estimate of drug-likeness (QED) is 0.361. The third-order valence-corrected chi connectivity index (χ3v) is 4.74. The van der Waals surface area contributed by atoms with Crippen LogP contribution in [0.5, 0.6) is 5.75 Å². The highest BCUT2D eigenvalue weighted by molar-refractivity contribution is 5.81. The summed E-state index contributed by atoms with van der Waals surface area (Å²) >= 11 is 0. The maximum absolute atomic E-state index is 14.3. The molecule has 172 valence electrons. The van der Waals surface area contributed by atoms with E-state index < -0.39 is 24.8 Å². The molecule has 0 saturated carbocycles. The molecule has 0 aliphatic rings. The van der Waals surface area contributed by atoms with E-state index in [9.17, 15) is 18.0 Å². The van der Waals surface area contributed by atoms with Gasteiger partial charge in [-0.05, 0) is 53.5 Å². The van der Waals surface area contributed by atoms with E-state index in [0.717, 1.165) is 17.2 Å². The van der Waals surface area contributed by atoms with Crippen LogP contribution in [0.2, 0.25) is 0 Å². The van der Waals surface area contributed by atoms with Gasteiger partial charge in [0, 0.05) is 17.2 Å². The molecular formula is C25H33F3O3. The first kappa shape index (κ1) is 26.5. The summed E-state index contributed by atoms with van der Waals surface area (Å²) in [5.41, 5.74) is 2.38. The number of carboxylic acid groups (broad SMARTS) is 1. The summed E-state index contributed by atoms with van der Waals surface area (Å²) in [6.07, 6.45) is 0.817. The number of alkyl halides is 2. The van der Waals surface area contributed by atoms with Gasteiger partial charge in [-0.2, -0.15) is 0 Å². The highest BCUT2D eigenvalue weighted by atomic mass is 19.3. The number of rotatable bonds is 7. The monoisotopic (exact) mass is 438 g/mol. The Kier molecular flexibility index (Phi) is 8.74. The first-order valence-electron chi connectivity index (χ1n) is 10.1.